The van der Waals surface area contributed by atoms with Crippen LogP contribution in [0.3, 0.4) is 0 Å². The van der Waals surface area contributed by atoms with Gasteiger partial charge < -0.3 is 9.30 Å². The summed E-state index contributed by atoms with van der Waals surface area (Å²) in [6.07, 6.45) is 0.981. The first-order chi connectivity index (χ1) is 10.5. The van der Waals surface area contributed by atoms with E-state index in [1.807, 2.05) is 39.0 Å². The Bertz CT molecular complexity index is 715. The summed E-state index contributed by atoms with van der Waals surface area (Å²) in [5.41, 5.74) is 1.55. The number of hydrogen-bond donors (Lipinski definition) is 0. The van der Waals surface area contributed by atoms with Crippen LogP contribution in [0.5, 0.6) is 5.75 Å². The van der Waals surface area contributed by atoms with Crippen molar-refractivity contribution in [1.82, 2.24) is 9.55 Å². The van der Waals surface area contributed by atoms with Crippen LogP contribution in [-0.2, 0) is 6.54 Å². The summed E-state index contributed by atoms with van der Waals surface area (Å²) < 4.78 is 7.34. The molecule has 23 heavy (non-hydrogen) atoms. The molecule has 1 aromatic carbocycles. The smallest absolute Gasteiger partial charge is 0.203 e. The second-order valence-corrected chi connectivity index (χ2v) is 8.33. The minimum absolute atomic E-state index is 0.0709. The SMILES string of the molecule is COc1ccc2c(c1)nc(C(=O)C(C)(C)C)n2CCC(C)(C)C. The fraction of sp³-hybridized carbons (Fsp3) is 0.579. The maximum Gasteiger partial charge on any atom is 0.203 e. The van der Waals surface area contributed by atoms with Crippen LogP contribution >= 0.6 is 0 Å². The van der Waals surface area contributed by atoms with Gasteiger partial charge in [0, 0.05) is 18.0 Å². The number of aryl methyl sites for hydroxylation is 1. The average Bonchev–Trinajstić information content (AvgIpc) is 2.79. The molecule has 0 bridgehead atoms. The van der Waals surface area contributed by atoms with Gasteiger partial charge in [0.1, 0.15) is 5.75 Å². The second-order valence-electron chi connectivity index (χ2n) is 8.33. The molecule has 0 amide bonds. The molecule has 0 aliphatic carbocycles. The lowest BCUT2D eigenvalue weighted by atomic mass is 9.90. The number of Topliss-reactive ketones (excluding diaryl/α,β-unsaturated/α-hetero) is 1. The number of carbonyl (C=O) groups excluding carboxylic acids is 1. The van der Waals surface area contributed by atoms with Crippen LogP contribution in [0, 0.1) is 10.8 Å². The molecule has 0 saturated carbocycles. The first-order valence-electron chi connectivity index (χ1n) is 8.12. The molecule has 0 fully saturated rings. The molecule has 2 rings (SSSR count). The summed E-state index contributed by atoms with van der Waals surface area (Å²) in [4.78, 5) is 17.4. The van der Waals surface area contributed by atoms with Crippen molar-refractivity contribution < 1.29 is 9.53 Å². The zero-order chi connectivity index (χ0) is 17.4. The molecule has 0 radical (unpaired) electrons. The quantitative estimate of drug-likeness (QED) is 0.767. The maximum absolute atomic E-state index is 12.8. The Morgan fingerprint density at radius 2 is 1.83 bits per heavy atom. The van der Waals surface area contributed by atoms with Crippen molar-refractivity contribution >= 4 is 16.8 Å². The van der Waals surface area contributed by atoms with Crippen molar-refractivity contribution in [3.05, 3.63) is 24.0 Å². The molecule has 4 heteroatoms. The van der Waals surface area contributed by atoms with E-state index in [0.29, 0.717) is 5.82 Å². The number of ketones is 1. The van der Waals surface area contributed by atoms with Crippen LogP contribution in [-0.4, -0.2) is 22.4 Å². The van der Waals surface area contributed by atoms with Crippen molar-refractivity contribution in [3.8, 4) is 5.75 Å². The summed E-state index contributed by atoms with van der Waals surface area (Å²) in [7, 11) is 1.64. The third-order valence-corrected chi connectivity index (χ3v) is 3.93. The molecule has 2 aromatic rings. The predicted octanol–water partition coefficient (Wildman–Crippen LogP) is 4.71. The minimum Gasteiger partial charge on any atom is -0.497 e. The molecule has 0 atom stereocenters. The number of nitrogens with zero attached hydrogens (tertiary/aromatic N) is 2. The van der Waals surface area contributed by atoms with Crippen molar-refractivity contribution in [2.24, 2.45) is 10.8 Å². The van der Waals surface area contributed by atoms with Gasteiger partial charge in [-0.05, 0) is 24.0 Å². The monoisotopic (exact) mass is 316 g/mol. The van der Waals surface area contributed by atoms with Crippen LogP contribution in [0.4, 0.5) is 0 Å². The number of benzene rings is 1. The van der Waals surface area contributed by atoms with Crippen LogP contribution in [0.2, 0.25) is 0 Å². The first kappa shape index (κ1) is 17.5. The van der Waals surface area contributed by atoms with Gasteiger partial charge in [0.2, 0.25) is 5.78 Å². The summed E-state index contributed by atoms with van der Waals surface area (Å²) >= 11 is 0. The van der Waals surface area contributed by atoms with Gasteiger partial charge in [0.15, 0.2) is 5.82 Å². The number of imidazole rings is 1. The highest BCUT2D eigenvalue weighted by Crippen LogP contribution is 2.28. The Labute approximate surface area is 138 Å². The molecular weight excluding hydrogens is 288 g/mol. The average molecular weight is 316 g/mol. The number of aromatic nitrogens is 2. The lowest BCUT2D eigenvalue weighted by Crippen LogP contribution is -2.25. The molecule has 1 heterocycles. The first-order valence-corrected chi connectivity index (χ1v) is 8.12. The molecule has 0 N–H and O–H groups in total. The van der Waals surface area contributed by atoms with E-state index in [1.165, 1.54) is 0 Å². The van der Waals surface area contributed by atoms with Crippen LogP contribution in [0.25, 0.3) is 11.0 Å². The minimum atomic E-state index is -0.453. The Morgan fingerprint density at radius 3 is 2.35 bits per heavy atom. The maximum atomic E-state index is 12.8. The standard InChI is InChI=1S/C19H28N2O2/c1-18(2,3)10-11-21-15-9-8-13(23-7)12-14(15)20-17(21)16(22)19(4,5)6/h8-9,12H,10-11H2,1-7H3. The molecular formula is C19H28N2O2. The largest absolute Gasteiger partial charge is 0.497 e. The van der Waals surface area contributed by atoms with Crippen molar-refractivity contribution in [2.45, 2.75) is 54.5 Å². The number of fused-ring (bicyclic) bond motifs is 1. The highest BCUT2D eigenvalue weighted by molar-refractivity contribution is 5.99. The number of ether oxygens (including phenoxy) is 1. The van der Waals surface area contributed by atoms with E-state index in [9.17, 15) is 4.79 Å². The molecule has 0 spiro atoms. The Morgan fingerprint density at radius 1 is 1.17 bits per heavy atom. The molecule has 0 aliphatic heterocycles. The summed E-state index contributed by atoms with van der Waals surface area (Å²) in [5.74, 6) is 1.37. The predicted molar refractivity (Wildman–Crippen MR) is 94.1 cm³/mol. The topological polar surface area (TPSA) is 44.1 Å². The van der Waals surface area contributed by atoms with E-state index in [-0.39, 0.29) is 11.2 Å². The van der Waals surface area contributed by atoms with Gasteiger partial charge in [-0.25, -0.2) is 4.98 Å². The molecule has 1 aromatic heterocycles. The van der Waals surface area contributed by atoms with E-state index in [0.717, 1.165) is 29.7 Å². The van der Waals surface area contributed by atoms with Crippen molar-refractivity contribution in [2.75, 3.05) is 7.11 Å². The summed E-state index contributed by atoms with van der Waals surface area (Å²) in [6, 6.07) is 5.80. The fourth-order valence-corrected chi connectivity index (χ4v) is 2.42. The zero-order valence-corrected chi connectivity index (χ0v) is 15.4. The van der Waals surface area contributed by atoms with Crippen molar-refractivity contribution in [1.29, 1.82) is 0 Å². The highest BCUT2D eigenvalue weighted by Gasteiger charge is 2.28. The fourth-order valence-electron chi connectivity index (χ4n) is 2.42. The Kier molecular flexibility index (Phi) is 4.56. The molecule has 0 saturated heterocycles. The third kappa shape index (κ3) is 3.92. The van der Waals surface area contributed by atoms with Crippen LogP contribution < -0.4 is 4.74 Å². The van der Waals surface area contributed by atoms with Gasteiger partial charge >= 0.3 is 0 Å². The number of hydrogen-bond acceptors (Lipinski definition) is 3. The van der Waals surface area contributed by atoms with E-state index in [4.69, 9.17) is 4.74 Å². The number of rotatable bonds is 4. The van der Waals surface area contributed by atoms with Gasteiger partial charge in [-0.1, -0.05) is 41.5 Å². The van der Waals surface area contributed by atoms with Gasteiger partial charge in [-0.2, -0.15) is 0 Å². The Balaban J connectivity index is 2.56. The molecule has 126 valence electrons. The summed E-state index contributed by atoms with van der Waals surface area (Å²) in [5, 5.41) is 0. The lowest BCUT2D eigenvalue weighted by Gasteiger charge is -2.21. The van der Waals surface area contributed by atoms with E-state index < -0.39 is 5.41 Å². The normalized spacial score (nSPS) is 12.7. The van der Waals surface area contributed by atoms with Crippen LogP contribution in [0.15, 0.2) is 18.2 Å². The second kappa shape index (κ2) is 5.99. The van der Waals surface area contributed by atoms with Crippen molar-refractivity contribution in [3.63, 3.8) is 0 Å². The highest BCUT2D eigenvalue weighted by atomic mass is 16.5. The molecule has 0 unspecified atom stereocenters. The number of methoxy groups -OCH3 is 1. The van der Waals surface area contributed by atoms with Gasteiger partial charge in [-0.3, -0.25) is 4.79 Å². The van der Waals surface area contributed by atoms with Gasteiger partial charge in [-0.15, -0.1) is 0 Å². The van der Waals surface area contributed by atoms with E-state index in [1.54, 1.807) is 7.11 Å². The zero-order valence-electron chi connectivity index (χ0n) is 15.4. The van der Waals surface area contributed by atoms with Gasteiger partial charge in [0.05, 0.1) is 18.1 Å². The van der Waals surface area contributed by atoms with E-state index in [2.05, 4.69) is 30.3 Å². The van der Waals surface area contributed by atoms with Gasteiger partial charge in [0.25, 0.3) is 0 Å². The number of carbonyl (C=O) groups is 1. The summed E-state index contributed by atoms with van der Waals surface area (Å²) in [6.45, 7) is 13.2. The van der Waals surface area contributed by atoms with Crippen LogP contribution in [0.1, 0.15) is 58.6 Å². The lowest BCUT2D eigenvalue weighted by molar-refractivity contribution is 0.0842. The van der Waals surface area contributed by atoms with E-state index >= 15 is 0 Å². The molecule has 4 nitrogen and oxygen atoms in total. The molecule has 0 aliphatic rings. The Hall–Kier alpha value is -1.84. The third-order valence-electron chi connectivity index (χ3n) is 3.93.